The van der Waals surface area contributed by atoms with E-state index in [1.54, 1.807) is 0 Å². The number of alkyl carbamates (subject to hydrolysis) is 1. The highest BCUT2D eigenvalue weighted by molar-refractivity contribution is 5.67. The number of carbonyl (C=O) groups is 1. The molecule has 1 fully saturated rings. The second kappa shape index (κ2) is 8.16. The lowest BCUT2D eigenvalue weighted by Crippen LogP contribution is -2.40. The van der Waals surface area contributed by atoms with Crippen LogP contribution in [0.1, 0.15) is 51.2 Å². The molecule has 0 spiro atoms. The summed E-state index contributed by atoms with van der Waals surface area (Å²) < 4.78 is 5.29. The lowest BCUT2D eigenvalue weighted by Gasteiger charge is -2.23. The molecule has 0 aromatic heterocycles. The minimum Gasteiger partial charge on any atom is -0.444 e. The Labute approximate surface area is 144 Å². The van der Waals surface area contributed by atoms with E-state index >= 15 is 0 Å². The summed E-state index contributed by atoms with van der Waals surface area (Å²) in [5.41, 5.74) is 1.33. The van der Waals surface area contributed by atoms with Gasteiger partial charge in [-0.25, -0.2) is 4.79 Å². The Balaban J connectivity index is 1.80. The van der Waals surface area contributed by atoms with Crippen LogP contribution in [0.5, 0.6) is 0 Å². The van der Waals surface area contributed by atoms with Gasteiger partial charge in [0.15, 0.2) is 0 Å². The molecule has 130 valence electrons. The summed E-state index contributed by atoms with van der Waals surface area (Å²) in [4.78, 5) is 11.8. The summed E-state index contributed by atoms with van der Waals surface area (Å²) in [5, 5.41) is 15.4. The number of amides is 1. The summed E-state index contributed by atoms with van der Waals surface area (Å²) in [6.45, 7) is 6.96. The number of nitrogens with one attached hydrogen (secondary N) is 2. The number of benzene rings is 1. The van der Waals surface area contributed by atoms with Crippen molar-refractivity contribution in [1.82, 2.24) is 10.6 Å². The van der Waals surface area contributed by atoms with Crippen molar-refractivity contribution in [3.63, 3.8) is 0 Å². The van der Waals surface area contributed by atoms with E-state index in [4.69, 9.17) is 10.00 Å². The van der Waals surface area contributed by atoms with Crippen LogP contribution in [0.4, 0.5) is 4.79 Å². The first kappa shape index (κ1) is 18.3. The summed E-state index contributed by atoms with van der Waals surface area (Å²) in [7, 11) is 0. The van der Waals surface area contributed by atoms with E-state index in [1.165, 1.54) is 0 Å². The van der Waals surface area contributed by atoms with Gasteiger partial charge in [0.2, 0.25) is 0 Å². The fourth-order valence-corrected chi connectivity index (χ4v) is 3.08. The molecular weight excluding hydrogens is 302 g/mol. The Hall–Kier alpha value is -2.06. The second-order valence-corrected chi connectivity index (χ2v) is 7.37. The molecule has 2 atom stereocenters. The summed E-state index contributed by atoms with van der Waals surface area (Å²) in [6.07, 6.45) is 3.02. The maximum atomic E-state index is 11.8. The first-order valence-electron chi connectivity index (χ1n) is 8.56. The zero-order valence-corrected chi connectivity index (χ0v) is 14.8. The van der Waals surface area contributed by atoms with Gasteiger partial charge in [-0.3, -0.25) is 0 Å². The van der Waals surface area contributed by atoms with Crippen LogP contribution in [0.15, 0.2) is 24.3 Å². The Morgan fingerprint density at radius 2 is 2.17 bits per heavy atom. The topological polar surface area (TPSA) is 74.2 Å². The van der Waals surface area contributed by atoms with Gasteiger partial charge in [-0.15, -0.1) is 0 Å². The summed E-state index contributed by atoms with van der Waals surface area (Å²) in [5.74, 6) is 0.414. The highest BCUT2D eigenvalue weighted by atomic mass is 16.6. The number of nitriles is 1. The second-order valence-electron chi connectivity index (χ2n) is 7.37. The van der Waals surface area contributed by atoms with Gasteiger partial charge in [-0.05, 0) is 57.2 Å². The number of ether oxygens (including phenoxy) is 1. The van der Waals surface area contributed by atoms with Crippen molar-refractivity contribution in [2.45, 2.75) is 58.2 Å². The first-order chi connectivity index (χ1) is 11.4. The molecule has 1 aromatic carbocycles. The third-order valence-electron chi connectivity index (χ3n) is 4.19. The van der Waals surface area contributed by atoms with E-state index < -0.39 is 5.60 Å². The van der Waals surface area contributed by atoms with Crippen LogP contribution in [0.25, 0.3) is 0 Å². The zero-order chi connectivity index (χ0) is 17.6. The molecule has 1 aromatic rings. The van der Waals surface area contributed by atoms with E-state index in [0.717, 1.165) is 31.4 Å². The minimum atomic E-state index is -0.469. The van der Waals surface area contributed by atoms with Gasteiger partial charge >= 0.3 is 6.09 Å². The van der Waals surface area contributed by atoms with Crippen LogP contribution < -0.4 is 10.6 Å². The Morgan fingerprint density at radius 3 is 2.88 bits per heavy atom. The molecule has 5 heteroatoms. The Kier molecular flexibility index (Phi) is 6.22. The van der Waals surface area contributed by atoms with Crippen LogP contribution >= 0.6 is 0 Å². The molecule has 1 amide bonds. The van der Waals surface area contributed by atoms with Crippen molar-refractivity contribution in [2.75, 3.05) is 6.54 Å². The van der Waals surface area contributed by atoms with Gasteiger partial charge in [0.25, 0.3) is 0 Å². The lowest BCUT2D eigenvalue weighted by molar-refractivity contribution is 0.0517. The van der Waals surface area contributed by atoms with Crippen molar-refractivity contribution in [3.05, 3.63) is 35.4 Å². The average molecular weight is 329 g/mol. The average Bonchev–Trinajstić information content (AvgIpc) is 2.97. The molecule has 0 aliphatic heterocycles. The highest BCUT2D eigenvalue weighted by Crippen LogP contribution is 2.25. The molecule has 24 heavy (non-hydrogen) atoms. The molecule has 2 unspecified atom stereocenters. The van der Waals surface area contributed by atoms with Gasteiger partial charge < -0.3 is 15.4 Å². The number of hydrogen-bond acceptors (Lipinski definition) is 4. The van der Waals surface area contributed by atoms with Crippen LogP contribution in [0, 0.1) is 17.2 Å². The molecule has 0 heterocycles. The molecule has 1 aliphatic carbocycles. The first-order valence-corrected chi connectivity index (χ1v) is 8.56. The molecule has 2 N–H and O–H groups in total. The summed E-state index contributed by atoms with van der Waals surface area (Å²) in [6, 6.07) is 10.2. The molecule has 0 radical (unpaired) electrons. The van der Waals surface area contributed by atoms with Gasteiger partial charge in [0, 0.05) is 19.1 Å². The SMILES string of the molecule is CC(C)(C)OC(=O)NCC1CCCC1NCc1cccc(C#N)c1. The van der Waals surface area contributed by atoms with Crippen molar-refractivity contribution < 1.29 is 9.53 Å². The van der Waals surface area contributed by atoms with Crippen LogP contribution in [-0.4, -0.2) is 24.3 Å². The number of nitrogens with zero attached hydrogens (tertiary/aromatic N) is 1. The maximum absolute atomic E-state index is 11.8. The maximum Gasteiger partial charge on any atom is 0.407 e. The molecule has 5 nitrogen and oxygen atoms in total. The molecule has 0 bridgehead atoms. The quantitative estimate of drug-likeness (QED) is 0.869. The number of rotatable bonds is 5. The molecule has 2 rings (SSSR count). The third kappa shape index (κ3) is 5.86. The van der Waals surface area contributed by atoms with Gasteiger partial charge in [-0.1, -0.05) is 18.6 Å². The minimum absolute atomic E-state index is 0.352. The van der Waals surface area contributed by atoms with E-state index in [2.05, 4.69) is 16.7 Å². The molecule has 1 aliphatic rings. The van der Waals surface area contributed by atoms with Gasteiger partial charge in [0.05, 0.1) is 11.6 Å². The van der Waals surface area contributed by atoms with E-state index in [0.29, 0.717) is 24.1 Å². The van der Waals surface area contributed by atoms with E-state index in [1.807, 2.05) is 45.0 Å². The van der Waals surface area contributed by atoms with Crippen LogP contribution in [0.2, 0.25) is 0 Å². The van der Waals surface area contributed by atoms with Crippen molar-refractivity contribution in [3.8, 4) is 6.07 Å². The van der Waals surface area contributed by atoms with Crippen molar-refractivity contribution >= 4 is 6.09 Å². The predicted octanol–water partition coefficient (Wildman–Crippen LogP) is 3.34. The van der Waals surface area contributed by atoms with E-state index in [9.17, 15) is 4.79 Å². The van der Waals surface area contributed by atoms with Crippen molar-refractivity contribution in [2.24, 2.45) is 5.92 Å². The van der Waals surface area contributed by atoms with Crippen LogP contribution in [0.3, 0.4) is 0 Å². The smallest absolute Gasteiger partial charge is 0.407 e. The fourth-order valence-electron chi connectivity index (χ4n) is 3.08. The Bertz CT molecular complexity index is 601. The molecule has 1 saturated carbocycles. The third-order valence-corrected chi connectivity index (χ3v) is 4.19. The zero-order valence-electron chi connectivity index (χ0n) is 14.8. The largest absolute Gasteiger partial charge is 0.444 e. The van der Waals surface area contributed by atoms with Gasteiger partial charge in [0.1, 0.15) is 5.60 Å². The standard InChI is InChI=1S/C19H27N3O2/c1-19(2,3)24-18(23)22-13-16-8-5-9-17(16)21-12-15-7-4-6-14(10-15)11-20/h4,6-7,10,16-17,21H,5,8-9,12-13H2,1-3H3,(H,22,23). The predicted molar refractivity (Wildman–Crippen MR) is 93.4 cm³/mol. The van der Waals surface area contributed by atoms with Crippen molar-refractivity contribution in [1.29, 1.82) is 5.26 Å². The monoisotopic (exact) mass is 329 g/mol. The summed E-state index contributed by atoms with van der Waals surface area (Å²) >= 11 is 0. The molecular formula is C19H27N3O2. The van der Waals surface area contributed by atoms with Gasteiger partial charge in [-0.2, -0.15) is 5.26 Å². The van der Waals surface area contributed by atoms with Crippen LogP contribution in [-0.2, 0) is 11.3 Å². The van der Waals surface area contributed by atoms with E-state index in [-0.39, 0.29) is 6.09 Å². The number of hydrogen-bond donors (Lipinski definition) is 2. The highest BCUT2D eigenvalue weighted by Gasteiger charge is 2.27. The lowest BCUT2D eigenvalue weighted by atomic mass is 10.0. The molecule has 0 saturated heterocycles. The number of carbonyl (C=O) groups excluding carboxylic acids is 1. The normalized spacial score (nSPS) is 20.4. The Morgan fingerprint density at radius 1 is 1.38 bits per heavy atom. The fraction of sp³-hybridized carbons (Fsp3) is 0.579.